The van der Waals surface area contributed by atoms with Crippen molar-refractivity contribution in [1.82, 2.24) is 25.9 Å². The van der Waals surface area contributed by atoms with Gasteiger partial charge in [0.25, 0.3) is 11.8 Å². The Bertz CT molecular complexity index is 971. The molecule has 0 unspecified atom stereocenters. The lowest BCUT2D eigenvalue weighted by molar-refractivity contribution is 0.0197. The summed E-state index contributed by atoms with van der Waals surface area (Å²) in [5.74, 6) is 0.0143. The molecule has 3 N–H and O–H groups in total. The Hall–Kier alpha value is -3.30. The summed E-state index contributed by atoms with van der Waals surface area (Å²) >= 11 is 0. The number of nitrogens with zero attached hydrogens (tertiary/aromatic N) is 2. The first kappa shape index (κ1) is 22.4. The summed E-state index contributed by atoms with van der Waals surface area (Å²) in [4.78, 5) is 39.1. The number of piperidine rings is 1. The van der Waals surface area contributed by atoms with E-state index in [0.29, 0.717) is 41.4 Å². The third kappa shape index (κ3) is 5.44. The number of hydrogen-bond donors (Lipinski definition) is 3. The molecule has 168 valence electrons. The van der Waals surface area contributed by atoms with E-state index in [1.165, 1.54) is 6.20 Å². The zero-order chi connectivity index (χ0) is 22.8. The third-order valence-electron chi connectivity index (χ3n) is 4.97. The molecule has 0 aliphatic carbocycles. The SMILES string of the molecule is Cc1cc(C(=O)NNC(=O)c2cn[nH]c2[C@H]2CCCN(C(=O)OC(C)(C)C)C2)c(C)o1. The fourth-order valence-corrected chi connectivity index (χ4v) is 3.60. The molecule has 31 heavy (non-hydrogen) atoms. The lowest BCUT2D eigenvalue weighted by Gasteiger charge is -2.34. The molecule has 0 saturated carbocycles. The molecule has 10 nitrogen and oxygen atoms in total. The molecule has 3 amide bonds. The smallest absolute Gasteiger partial charge is 0.410 e. The van der Waals surface area contributed by atoms with Crippen LogP contribution in [0.5, 0.6) is 0 Å². The summed E-state index contributed by atoms with van der Waals surface area (Å²) in [6, 6.07) is 1.60. The van der Waals surface area contributed by atoms with E-state index in [2.05, 4.69) is 21.0 Å². The van der Waals surface area contributed by atoms with Crippen LogP contribution in [0.25, 0.3) is 0 Å². The number of amides is 3. The van der Waals surface area contributed by atoms with Crippen LogP contribution in [0, 0.1) is 13.8 Å². The standard InChI is InChI=1S/C21H29N5O5/c1-12-9-15(13(2)30-12)18(27)24-25-19(28)16-10-22-23-17(16)14-7-6-8-26(11-14)20(29)31-21(3,4)5/h9-10,14H,6-8,11H2,1-5H3,(H,22,23)(H,24,27)(H,25,28)/t14-/m0/s1. The zero-order valence-electron chi connectivity index (χ0n) is 18.5. The van der Waals surface area contributed by atoms with Crippen molar-refractivity contribution in [3.63, 3.8) is 0 Å². The second kappa shape index (κ2) is 8.83. The topological polar surface area (TPSA) is 130 Å². The van der Waals surface area contributed by atoms with Gasteiger partial charge in [0.1, 0.15) is 17.1 Å². The van der Waals surface area contributed by atoms with Crippen molar-refractivity contribution in [3.05, 3.63) is 40.6 Å². The van der Waals surface area contributed by atoms with Gasteiger partial charge in [-0.1, -0.05) is 0 Å². The van der Waals surface area contributed by atoms with Gasteiger partial charge in [0.05, 0.1) is 23.0 Å². The van der Waals surface area contributed by atoms with Crippen LogP contribution in [-0.4, -0.2) is 51.7 Å². The number of rotatable bonds is 3. The normalized spacial score (nSPS) is 16.7. The molecule has 1 aliphatic rings. The first-order chi connectivity index (χ1) is 14.5. The summed E-state index contributed by atoms with van der Waals surface area (Å²) in [6.07, 6.45) is 2.61. The number of carbonyl (C=O) groups excluding carboxylic acids is 3. The van der Waals surface area contributed by atoms with Gasteiger partial charge in [-0.25, -0.2) is 4.79 Å². The molecular weight excluding hydrogens is 402 g/mol. The Morgan fingerprint density at radius 1 is 1.19 bits per heavy atom. The van der Waals surface area contributed by atoms with Gasteiger partial charge in [-0.3, -0.25) is 25.5 Å². The lowest BCUT2D eigenvalue weighted by Crippen LogP contribution is -2.43. The molecule has 1 fully saturated rings. The second-order valence-corrected chi connectivity index (χ2v) is 8.70. The van der Waals surface area contributed by atoms with Gasteiger partial charge in [-0.2, -0.15) is 5.10 Å². The molecule has 2 aromatic heterocycles. The number of hydrazine groups is 1. The van der Waals surface area contributed by atoms with E-state index in [0.717, 1.165) is 12.8 Å². The van der Waals surface area contributed by atoms with Crippen molar-refractivity contribution in [2.75, 3.05) is 13.1 Å². The number of carbonyl (C=O) groups is 3. The maximum atomic E-state index is 12.7. The number of ether oxygens (including phenoxy) is 1. The first-order valence-corrected chi connectivity index (χ1v) is 10.2. The summed E-state index contributed by atoms with van der Waals surface area (Å²) in [6.45, 7) is 9.90. The van der Waals surface area contributed by atoms with Crippen LogP contribution in [0.1, 0.15) is 77.5 Å². The molecule has 1 saturated heterocycles. The minimum absolute atomic E-state index is 0.0982. The highest BCUT2D eigenvalue weighted by molar-refractivity contribution is 6.00. The maximum Gasteiger partial charge on any atom is 0.410 e. The Morgan fingerprint density at radius 3 is 2.48 bits per heavy atom. The van der Waals surface area contributed by atoms with Crippen LogP contribution in [0.3, 0.4) is 0 Å². The average Bonchev–Trinajstić information content (AvgIpc) is 3.31. The minimum Gasteiger partial charge on any atom is -0.466 e. The van der Waals surface area contributed by atoms with Crippen LogP contribution in [0.4, 0.5) is 4.79 Å². The van der Waals surface area contributed by atoms with Gasteiger partial charge >= 0.3 is 6.09 Å². The molecular formula is C21H29N5O5. The number of likely N-dealkylation sites (tertiary alicyclic amines) is 1. The number of aryl methyl sites for hydroxylation is 2. The predicted octanol–water partition coefficient (Wildman–Crippen LogP) is 2.81. The van der Waals surface area contributed by atoms with Gasteiger partial charge in [0.15, 0.2) is 0 Å². The molecule has 0 spiro atoms. The molecule has 1 aliphatic heterocycles. The number of aromatic nitrogens is 2. The average molecular weight is 431 g/mol. The number of aromatic amines is 1. The van der Waals surface area contributed by atoms with Crippen molar-refractivity contribution in [2.24, 2.45) is 0 Å². The minimum atomic E-state index is -0.576. The lowest BCUT2D eigenvalue weighted by atomic mass is 9.92. The van der Waals surface area contributed by atoms with Crippen LogP contribution in [-0.2, 0) is 4.74 Å². The van der Waals surface area contributed by atoms with E-state index >= 15 is 0 Å². The molecule has 3 rings (SSSR count). The van der Waals surface area contributed by atoms with E-state index in [4.69, 9.17) is 9.15 Å². The Kier molecular flexibility index (Phi) is 6.37. The molecule has 10 heteroatoms. The molecule has 3 heterocycles. The van der Waals surface area contributed by atoms with Crippen LogP contribution >= 0.6 is 0 Å². The van der Waals surface area contributed by atoms with Crippen LogP contribution < -0.4 is 10.9 Å². The number of furan rings is 1. The van der Waals surface area contributed by atoms with E-state index in [-0.39, 0.29) is 12.0 Å². The zero-order valence-corrected chi connectivity index (χ0v) is 18.5. The molecule has 0 aromatic carbocycles. The first-order valence-electron chi connectivity index (χ1n) is 10.2. The third-order valence-corrected chi connectivity index (χ3v) is 4.97. The van der Waals surface area contributed by atoms with Crippen molar-refractivity contribution in [1.29, 1.82) is 0 Å². The predicted molar refractivity (Wildman–Crippen MR) is 111 cm³/mol. The highest BCUT2D eigenvalue weighted by Gasteiger charge is 2.31. The number of hydrogen-bond acceptors (Lipinski definition) is 6. The summed E-state index contributed by atoms with van der Waals surface area (Å²) < 4.78 is 10.8. The van der Waals surface area contributed by atoms with Gasteiger partial charge in [0, 0.05) is 19.0 Å². The van der Waals surface area contributed by atoms with Crippen LogP contribution in [0.2, 0.25) is 0 Å². The van der Waals surface area contributed by atoms with Crippen molar-refractivity contribution in [3.8, 4) is 0 Å². The van der Waals surface area contributed by atoms with Gasteiger partial charge < -0.3 is 14.1 Å². The van der Waals surface area contributed by atoms with Crippen molar-refractivity contribution >= 4 is 17.9 Å². The van der Waals surface area contributed by atoms with Crippen LogP contribution in [0.15, 0.2) is 16.7 Å². The number of nitrogens with one attached hydrogen (secondary N) is 3. The van der Waals surface area contributed by atoms with Crippen molar-refractivity contribution < 1.29 is 23.5 Å². The monoisotopic (exact) mass is 431 g/mol. The molecule has 1 atom stereocenters. The highest BCUT2D eigenvalue weighted by atomic mass is 16.6. The van der Waals surface area contributed by atoms with E-state index < -0.39 is 17.4 Å². The highest BCUT2D eigenvalue weighted by Crippen LogP contribution is 2.28. The maximum absolute atomic E-state index is 12.7. The van der Waals surface area contributed by atoms with Gasteiger partial charge in [-0.05, 0) is 53.5 Å². The Morgan fingerprint density at radius 2 is 1.87 bits per heavy atom. The van der Waals surface area contributed by atoms with E-state index in [1.54, 1.807) is 24.8 Å². The number of H-pyrrole nitrogens is 1. The second-order valence-electron chi connectivity index (χ2n) is 8.70. The summed E-state index contributed by atoms with van der Waals surface area (Å²) in [5.41, 5.74) is 5.53. The summed E-state index contributed by atoms with van der Waals surface area (Å²) in [7, 11) is 0. The van der Waals surface area contributed by atoms with Crippen molar-refractivity contribution in [2.45, 2.75) is 59.0 Å². The van der Waals surface area contributed by atoms with Gasteiger partial charge in [0.2, 0.25) is 0 Å². The molecule has 2 aromatic rings. The quantitative estimate of drug-likeness (QED) is 0.641. The molecule has 0 radical (unpaired) electrons. The van der Waals surface area contributed by atoms with Gasteiger partial charge in [-0.15, -0.1) is 0 Å². The Balaban J connectivity index is 1.64. The fourth-order valence-electron chi connectivity index (χ4n) is 3.60. The largest absolute Gasteiger partial charge is 0.466 e. The van der Waals surface area contributed by atoms with E-state index in [9.17, 15) is 14.4 Å². The fraction of sp³-hybridized carbons (Fsp3) is 0.524. The van der Waals surface area contributed by atoms with E-state index in [1.807, 2.05) is 20.8 Å². The molecule has 0 bridgehead atoms. The Labute approximate surface area is 180 Å². The summed E-state index contributed by atoms with van der Waals surface area (Å²) in [5, 5.41) is 6.88.